The summed E-state index contributed by atoms with van der Waals surface area (Å²) in [6.07, 6.45) is 1.77. The van der Waals surface area contributed by atoms with Crippen LogP contribution < -0.4 is 19.5 Å². The van der Waals surface area contributed by atoms with Crippen molar-refractivity contribution in [1.29, 1.82) is 0 Å². The first-order valence-electron chi connectivity index (χ1n) is 7.79. The van der Waals surface area contributed by atoms with Gasteiger partial charge in [0.05, 0.1) is 25.2 Å². The van der Waals surface area contributed by atoms with Crippen LogP contribution in [-0.4, -0.2) is 40.6 Å². The minimum Gasteiger partial charge on any atom is -0.493 e. The van der Waals surface area contributed by atoms with E-state index in [-0.39, 0.29) is 16.8 Å². The van der Waals surface area contributed by atoms with Crippen LogP contribution in [0, 0.1) is 0 Å². The highest BCUT2D eigenvalue weighted by Gasteiger charge is 2.24. The first kappa shape index (κ1) is 20.2. The minimum absolute atomic E-state index is 0.00130. The van der Waals surface area contributed by atoms with Gasteiger partial charge in [0, 0.05) is 12.1 Å². The summed E-state index contributed by atoms with van der Waals surface area (Å²) in [6.45, 7) is 5.41. The van der Waals surface area contributed by atoms with Crippen LogP contribution in [0.3, 0.4) is 0 Å². The number of carbonyl (C=O) groups excluding carboxylic acids is 1. The molecule has 1 rings (SSSR count). The molecule has 2 atom stereocenters. The zero-order valence-electron chi connectivity index (χ0n) is 14.8. The fourth-order valence-corrected chi connectivity index (χ4v) is 3.43. The molecule has 0 saturated heterocycles. The molecular weight excluding hydrogens is 332 g/mol. The van der Waals surface area contributed by atoms with E-state index in [4.69, 9.17) is 9.47 Å². The lowest BCUT2D eigenvalue weighted by molar-refractivity contribution is -0.123. The highest BCUT2D eigenvalue weighted by molar-refractivity contribution is 7.89. The van der Waals surface area contributed by atoms with E-state index < -0.39 is 16.1 Å². The lowest BCUT2D eigenvalue weighted by Gasteiger charge is -2.18. The molecule has 0 aliphatic carbocycles. The van der Waals surface area contributed by atoms with E-state index in [0.29, 0.717) is 11.5 Å². The molecule has 2 N–H and O–H groups in total. The highest BCUT2D eigenvalue weighted by atomic mass is 32.2. The molecule has 1 aromatic carbocycles. The van der Waals surface area contributed by atoms with Crippen LogP contribution in [0.1, 0.15) is 33.6 Å². The summed E-state index contributed by atoms with van der Waals surface area (Å²) in [6, 6.07) is 3.36. The lowest BCUT2D eigenvalue weighted by Crippen LogP contribution is -2.47. The maximum absolute atomic E-state index is 12.4. The number of ether oxygens (including phenoxy) is 2. The van der Waals surface area contributed by atoms with Crippen molar-refractivity contribution in [1.82, 2.24) is 10.0 Å². The van der Waals surface area contributed by atoms with Crippen LogP contribution in [0.5, 0.6) is 11.5 Å². The van der Waals surface area contributed by atoms with E-state index in [1.165, 1.54) is 39.3 Å². The molecule has 0 bridgehead atoms. The average molecular weight is 358 g/mol. The van der Waals surface area contributed by atoms with Gasteiger partial charge in [-0.3, -0.25) is 4.79 Å². The Morgan fingerprint density at radius 2 is 1.79 bits per heavy atom. The average Bonchev–Trinajstić information content (AvgIpc) is 2.53. The van der Waals surface area contributed by atoms with Gasteiger partial charge in [-0.25, -0.2) is 8.42 Å². The molecule has 136 valence electrons. The topological polar surface area (TPSA) is 93.7 Å². The van der Waals surface area contributed by atoms with Crippen molar-refractivity contribution in [3.63, 3.8) is 0 Å². The van der Waals surface area contributed by atoms with E-state index in [9.17, 15) is 13.2 Å². The number of methoxy groups -OCH3 is 2. The molecule has 0 radical (unpaired) electrons. The Labute approximate surface area is 143 Å². The smallest absolute Gasteiger partial charge is 0.241 e. The van der Waals surface area contributed by atoms with Gasteiger partial charge in [-0.05, 0) is 32.4 Å². The Morgan fingerprint density at radius 1 is 1.17 bits per heavy atom. The molecule has 0 spiro atoms. The Hall–Kier alpha value is -1.80. The van der Waals surface area contributed by atoms with Gasteiger partial charge in [0.15, 0.2) is 11.5 Å². The van der Waals surface area contributed by atoms with Crippen molar-refractivity contribution in [2.75, 3.05) is 14.2 Å². The lowest BCUT2D eigenvalue weighted by atomic mass is 10.2. The molecule has 24 heavy (non-hydrogen) atoms. The fraction of sp³-hybridized carbons (Fsp3) is 0.562. The van der Waals surface area contributed by atoms with Crippen LogP contribution in [0.4, 0.5) is 0 Å². The van der Waals surface area contributed by atoms with E-state index in [2.05, 4.69) is 10.0 Å². The largest absolute Gasteiger partial charge is 0.493 e. The monoisotopic (exact) mass is 358 g/mol. The summed E-state index contributed by atoms with van der Waals surface area (Å²) in [4.78, 5) is 12.1. The van der Waals surface area contributed by atoms with E-state index in [0.717, 1.165) is 12.8 Å². The molecule has 0 fully saturated rings. The van der Waals surface area contributed by atoms with Crippen molar-refractivity contribution in [3.8, 4) is 11.5 Å². The molecule has 0 unspecified atom stereocenters. The van der Waals surface area contributed by atoms with Gasteiger partial charge in [-0.15, -0.1) is 0 Å². The third-order valence-electron chi connectivity index (χ3n) is 3.50. The van der Waals surface area contributed by atoms with Crippen molar-refractivity contribution >= 4 is 15.9 Å². The summed E-state index contributed by atoms with van der Waals surface area (Å²) in [5.41, 5.74) is 0. The first-order valence-corrected chi connectivity index (χ1v) is 9.28. The Morgan fingerprint density at radius 3 is 2.33 bits per heavy atom. The van der Waals surface area contributed by atoms with Gasteiger partial charge >= 0.3 is 0 Å². The van der Waals surface area contributed by atoms with Crippen LogP contribution in [0.2, 0.25) is 0 Å². The number of sulfonamides is 1. The normalized spacial score (nSPS) is 13.9. The Balaban J connectivity index is 2.87. The van der Waals surface area contributed by atoms with Crippen LogP contribution in [-0.2, 0) is 14.8 Å². The number of amides is 1. The number of hydrogen-bond donors (Lipinski definition) is 2. The zero-order chi connectivity index (χ0) is 18.3. The van der Waals surface area contributed by atoms with E-state index >= 15 is 0 Å². The Kier molecular flexibility index (Phi) is 7.50. The standard InChI is InChI=1S/C16H26N2O5S/c1-6-7-11(2)17-16(19)12(3)18-24(20,21)13-8-9-14(22-4)15(10-13)23-5/h8-12,18H,6-7H2,1-5H3,(H,17,19)/t11-,12+/m0/s1. The zero-order valence-corrected chi connectivity index (χ0v) is 15.6. The van der Waals surface area contributed by atoms with Gasteiger partial charge < -0.3 is 14.8 Å². The summed E-state index contributed by atoms with van der Waals surface area (Å²) < 4.78 is 37.4. The number of carbonyl (C=O) groups is 1. The summed E-state index contributed by atoms with van der Waals surface area (Å²) in [5, 5.41) is 2.78. The quantitative estimate of drug-likeness (QED) is 0.700. The molecule has 8 heteroatoms. The third kappa shape index (κ3) is 5.38. The molecule has 0 aliphatic heterocycles. The number of nitrogens with one attached hydrogen (secondary N) is 2. The maximum atomic E-state index is 12.4. The van der Waals surface area contributed by atoms with Crippen molar-refractivity contribution in [2.45, 2.75) is 50.6 Å². The molecular formula is C16H26N2O5S. The Bertz CT molecular complexity index is 660. The van der Waals surface area contributed by atoms with E-state index in [1.807, 2.05) is 13.8 Å². The highest BCUT2D eigenvalue weighted by Crippen LogP contribution is 2.29. The maximum Gasteiger partial charge on any atom is 0.241 e. The SMILES string of the molecule is CCC[C@H](C)NC(=O)[C@@H](C)NS(=O)(=O)c1ccc(OC)c(OC)c1. The van der Waals surface area contributed by atoms with Gasteiger partial charge in [0.2, 0.25) is 15.9 Å². The number of benzene rings is 1. The molecule has 7 nitrogen and oxygen atoms in total. The van der Waals surface area contributed by atoms with Crippen molar-refractivity contribution in [2.24, 2.45) is 0 Å². The van der Waals surface area contributed by atoms with Crippen molar-refractivity contribution in [3.05, 3.63) is 18.2 Å². The summed E-state index contributed by atoms with van der Waals surface area (Å²) in [7, 11) is -0.967. The summed E-state index contributed by atoms with van der Waals surface area (Å²) >= 11 is 0. The van der Waals surface area contributed by atoms with Crippen LogP contribution >= 0.6 is 0 Å². The summed E-state index contributed by atoms with van der Waals surface area (Å²) in [5.74, 6) is 0.365. The van der Waals surface area contributed by atoms with Gasteiger partial charge in [-0.2, -0.15) is 4.72 Å². The molecule has 0 heterocycles. The van der Waals surface area contributed by atoms with Gasteiger partial charge in [-0.1, -0.05) is 13.3 Å². The van der Waals surface area contributed by atoms with Crippen LogP contribution in [0.15, 0.2) is 23.1 Å². The molecule has 1 amide bonds. The van der Waals surface area contributed by atoms with E-state index in [1.54, 1.807) is 0 Å². The predicted octanol–water partition coefficient (Wildman–Crippen LogP) is 1.68. The number of rotatable bonds is 9. The van der Waals surface area contributed by atoms with Gasteiger partial charge in [0.1, 0.15) is 0 Å². The first-order chi connectivity index (χ1) is 11.2. The molecule has 0 aliphatic rings. The molecule has 1 aromatic rings. The molecule has 0 aromatic heterocycles. The number of hydrogen-bond acceptors (Lipinski definition) is 5. The predicted molar refractivity (Wildman–Crippen MR) is 91.8 cm³/mol. The van der Waals surface area contributed by atoms with Crippen molar-refractivity contribution < 1.29 is 22.7 Å². The minimum atomic E-state index is -3.86. The third-order valence-corrected chi connectivity index (χ3v) is 5.04. The second kappa shape index (κ2) is 8.89. The second-order valence-corrected chi connectivity index (χ2v) is 7.27. The fourth-order valence-electron chi connectivity index (χ4n) is 2.21. The van der Waals surface area contributed by atoms with Crippen LogP contribution in [0.25, 0.3) is 0 Å². The second-order valence-electron chi connectivity index (χ2n) is 5.56. The van der Waals surface area contributed by atoms with Gasteiger partial charge in [0.25, 0.3) is 0 Å². The molecule has 0 saturated carbocycles.